The Morgan fingerprint density at radius 1 is 0.155 bits per heavy atom. The summed E-state index contributed by atoms with van der Waals surface area (Å²) >= 11 is 0. The van der Waals surface area contributed by atoms with E-state index in [4.69, 9.17) is 9.97 Å². The number of hydrogen-bond donors (Lipinski definition) is 0. The first-order valence-electron chi connectivity index (χ1n) is 39.5. The van der Waals surface area contributed by atoms with Gasteiger partial charge >= 0.3 is 0 Å². The van der Waals surface area contributed by atoms with Crippen molar-refractivity contribution in [2.24, 2.45) is 0 Å². The molecule has 24 aromatic rings. The summed E-state index contributed by atoms with van der Waals surface area (Å²) < 4.78 is 0. The molecule has 0 amide bonds. The van der Waals surface area contributed by atoms with E-state index in [2.05, 4.69) is 370 Å². The third-order valence-corrected chi connectivity index (χ3v) is 24.5. The maximum absolute atomic E-state index is 10.4. The standard InChI is InChI=1S/2C56H32N2/c57-33-34-21-23-35(24-22-34)51-32-55(37-26-28-48-43-16-4-2-12-39(43)41-14-6-8-18-45(41)53(48)30-37)58-56-49-20-10-9-19-46(49)50(31-54(51)56)36-25-27-47-42-15-3-1-11-38(42)40-13-5-7-17-44(40)52(47)29-36;57-33-36-13-1-2-14-37(36)53-32-55(35-26-28-48-43-20-6-4-16-39(43)41-18-8-10-22-45(41)52(48)30-35)58-56-49-24-12-11-23-46(49)50(31-54(53)56)34-25-27-47-42-19-5-3-15-38(42)40-17-7-9-21-44(40)51(47)29-34/h2*1-32H. The van der Waals surface area contributed by atoms with Gasteiger partial charge in [0.15, 0.2) is 0 Å². The summed E-state index contributed by atoms with van der Waals surface area (Å²) in [5.41, 5.74) is 15.6. The summed E-state index contributed by atoms with van der Waals surface area (Å²) in [6, 6.07) is 144. The Balaban J connectivity index is 0.000000137. The van der Waals surface area contributed by atoms with Gasteiger partial charge in [0.2, 0.25) is 0 Å². The monoisotopic (exact) mass is 1460 g/mol. The van der Waals surface area contributed by atoms with E-state index in [9.17, 15) is 10.5 Å². The molecule has 0 N–H and O–H groups in total. The number of aromatic nitrogens is 2. The van der Waals surface area contributed by atoms with Gasteiger partial charge in [0.05, 0.1) is 45.7 Å². The lowest BCUT2D eigenvalue weighted by Gasteiger charge is -2.17. The predicted octanol–water partition coefficient (Wildman–Crippen LogP) is 30.4. The lowest BCUT2D eigenvalue weighted by Crippen LogP contribution is -1.95. The maximum atomic E-state index is 10.4. The quantitative estimate of drug-likeness (QED) is 0.156. The molecule has 4 heteroatoms. The van der Waals surface area contributed by atoms with Crippen molar-refractivity contribution < 1.29 is 0 Å². The minimum atomic E-state index is 0.635. The Kier molecular flexibility index (Phi) is 15.1. The number of rotatable bonds is 6. The summed E-state index contributed by atoms with van der Waals surface area (Å²) in [5.74, 6) is 0. The molecule has 116 heavy (non-hydrogen) atoms. The Morgan fingerprint density at radius 3 is 0.724 bits per heavy atom. The van der Waals surface area contributed by atoms with Gasteiger partial charge in [0, 0.05) is 38.2 Å². The van der Waals surface area contributed by atoms with Gasteiger partial charge in [-0.1, -0.05) is 322 Å². The highest BCUT2D eigenvalue weighted by molar-refractivity contribution is 6.31. The number of nitrogens with zero attached hydrogens (tertiary/aromatic N) is 4. The zero-order chi connectivity index (χ0) is 76.6. The normalized spacial score (nSPS) is 11.8. The Labute approximate surface area is 667 Å². The average molecular weight is 1470 g/mol. The molecule has 532 valence electrons. The van der Waals surface area contributed by atoms with Gasteiger partial charge in [-0.3, -0.25) is 0 Å². The van der Waals surface area contributed by atoms with E-state index in [0.29, 0.717) is 11.1 Å². The topological polar surface area (TPSA) is 73.4 Å². The summed E-state index contributed by atoms with van der Waals surface area (Å²) in [6.45, 7) is 0. The minimum absolute atomic E-state index is 0.635. The van der Waals surface area contributed by atoms with Crippen molar-refractivity contribution in [1.29, 1.82) is 10.5 Å². The molecule has 0 saturated heterocycles. The fourth-order valence-electron chi connectivity index (χ4n) is 19.2. The summed E-state index contributed by atoms with van der Waals surface area (Å²) in [5, 5.41) is 56.6. The van der Waals surface area contributed by atoms with Crippen LogP contribution in [0.15, 0.2) is 388 Å². The Bertz CT molecular complexity index is 8350. The molecule has 0 radical (unpaired) electrons. The lowest BCUT2D eigenvalue weighted by atomic mass is 9.88. The zero-order valence-electron chi connectivity index (χ0n) is 62.7. The van der Waals surface area contributed by atoms with Crippen molar-refractivity contribution in [2.75, 3.05) is 0 Å². The second kappa shape index (κ2) is 26.5. The fourth-order valence-corrected chi connectivity index (χ4v) is 19.2. The van der Waals surface area contributed by atoms with Crippen molar-refractivity contribution in [3.05, 3.63) is 399 Å². The minimum Gasteiger partial charge on any atom is -0.247 e. The van der Waals surface area contributed by atoms with Crippen molar-refractivity contribution in [3.63, 3.8) is 0 Å². The van der Waals surface area contributed by atoms with Crippen molar-refractivity contribution in [3.8, 4) is 79.2 Å². The number of hydrogen-bond acceptors (Lipinski definition) is 4. The van der Waals surface area contributed by atoms with E-state index < -0.39 is 0 Å². The summed E-state index contributed by atoms with van der Waals surface area (Å²) in [6.07, 6.45) is 0. The van der Waals surface area contributed by atoms with Gasteiger partial charge in [-0.2, -0.15) is 10.5 Å². The molecular formula is C112H64N4. The highest BCUT2D eigenvalue weighted by Gasteiger charge is 2.23. The Hall–Kier alpha value is -15.7. The van der Waals surface area contributed by atoms with Crippen LogP contribution in [0.3, 0.4) is 0 Å². The lowest BCUT2D eigenvalue weighted by molar-refractivity contribution is 1.41. The van der Waals surface area contributed by atoms with Gasteiger partial charge in [0.25, 0.3) is 0 Å². The highest BCUT2D eigenvalue weighted by atomic mass is 14.7. The molecule has 0 bridgehead atoms. The fraction of sp³-hybridized carbons (Fsp3) is 0. The SMILES string of the molecule is N#Cc1ccc(-c2cc(-c3ccc4c5ccccc5c5ccccc5c4c3)nc3c2cc(-c2ccc4c5ccccc5c5ccccc5c4c2)c2ccccc23)cc1.N#Cc1ccccc1-c1cc(-c2ccc3c4ccccc4c4ccccc4c3c2)nc2c1cc(-c1ccc3c4ccccc4c4ccccc4c3c1)c1ccccc12. The van der Waals surface area contributed by atoms with Gasteiger partial charge in [-0.15, -0.1) is 0 Å². The van der Waals surface area contributed by atoms with Gasteiger partial charge in [-0.05, 0) is 246 Å². The third-order valence-electron chi connectivity index (χ3n) is 24.5. The molecule has 0 spiro atoms. The molecule has 2 aromatic heterocycles. The first-order valence-corrected chi connectivity index (χ1v) is 39.5. The number of benzene rings is 22. The second-order valence-corrected chi connectivity index (χ2v) is 30.6. The largest absolute Gasteiger partial charge is 0.247 e. The molecule has 0 atom stereocenters. The van der Waals surface area contributed by atoms with Crippen LogP contribution >= 0.6 is 0 Å². The van der Waals surface area contributed by atoms with Crippen LogP contribution in [-0.4, -0.2) is 9.97 Å². The number of fused-ring (bicyclic) bond motifs is 30. The van der Waals surface area contributed by atoms with Crippen LogP contribution in [0.4, 0.5) is 0 Å². The van der Waals surface area contributed by atoms with Crippen LogP contribution in [-0.2, 0) is 0 Å². The van der Waals surface area contributed by atoms with Crippen LogP contribution in [0.25, 0.3) is 240 Å². The van der Waals surface area contributed by atoms with Crippen LogP contribution in [0, 0.1) is 22.7 Å². The maximum Gasteiger partial charge on any atom is 0.0998 e. The zero-order valence-corrected chi connectivity index (χ0v) is 62.7. The molecule has 0 aliphatic carbocycles. The van der Waals surface area contributed by atoms with Crippen LogP contribution in [0.1, 0.15) is 11.1 Å². The number of pyridine rings is 2. The predicted molar refractivity (Wildman–Crippen MR) is 491 cm³/mol. The highest BCUT2D eigenvalue weighted by Crippen LogP contribution is 2.48. The van der Waals surface area contributed by atoms with Crippen molar-refractivity contribution >= 4 is 173 Å². The number of nitriles is 2. The molecule has 0 unspecified atom stereocenters. The van der Waals surface area contributed by atoms with Crippen LogP contribution in [0.5, 0.6) is 0 Å². The molecule has 4 nitrogen and oxygen atoms in total. The van der Waals surface area contributed by atoms with E-state index in [-0.39, 0.29) is 0 Å². The molecule has 22 aromatic carbocycles. The molecule has 0 fully saturated rings. The van der Waals surface area contributed by atoms with Gasteiger partial charge in [-0.25, -0.2) is 9.97 Å². The molecule has 2 heterocycles. The summed E-state index contributed by atoms with van der Waals surface area (Å²) in [7, 11) is 0. The smallest absolute Gasteiger partial charge is 0.0998 e. The van der Waals surface area contributed by atoms with Gasteiger partial charge < -0.3 is 0 Å². The van der Waals surface area contributed by atoms with E-state index in [1.807, 2.05) is 30.3 Å². The summed E-state index contributed by atoms with van der Waals surface area (Å²) in [4.78, 5) is 11.1. The van der Waals surface area contributed by atoms with E-state index in [1.54, 1.807) is 0 Å². The molecule has 0 saturated carbocycles. The van der Waals surface area contributed by atoms with E-state index >= 15 is 0 Å². The van der Waals surface area contributed by atoms with Crippen molar-refractivity contribution in [2.45, 2.75) is 0 Å². The Morgan fingerprint density at radius 2 is 0.397 bits per heavy atom. The van der Waals surface area contributed by atoms with Gasteiger partial charge in [0.1, 0.15) is 0 Å². The molecular weight excluding hydrogens is 1400 g/mol. The van der Waals surface area contributed by atoms with E-state index in [1.165, 1.54) is 129 Å². The molecule has 0 aliphatic heterocycles. The average Bonchev–Trinajstić information content (AvgIpc) is 0.733. The van der Waals surface area contributed by atoms with Crippen LogP contribution < -0.4 is 0 Å². The first-order chi connectivity index (χ1) is 57.4. The molecule has 24 rings (SSSR count). The molecule has 0 aliphatic rings. The van der Waals surface area contributed by atoms with Crippen LogP contribution in [0.2, 0.25) is 0 Å². The second-order valence-electron chi connectivity index (χ2n) is 30.6. The van der Waals surface area contributed by atoms with Crippen molar-refractivity contribution in [1.82, 2.24) is 9.97 Å². The first kappa shape index (κ1) is 66.1. The third kappa shape index (κ3) is 10.4. The van der Waals surface area contributed by atoms with E-state index in [0.717, 1.165) is 110 Å².